The number of benzene rings is 13. The van der Waals surface area contributed by atoms with Gasteiger partial charge in [0, 0.05) is 81.4 Å². The summed E-state index contributed by atoms with van der Waals surface area (Å²) < 4.78 is 119. The third-order valence-corrected chi connectivity index (χ3v) is 24.5. The van der Waals surface area contributed by atoms with E-state index in [1.165, 1.54) is 157 Å². The number of aromatic amines is 2. The van der Waals surface area contributed by atoms with Crippen molar-refractivity contribution in [3.8, 4) is 11.5 Å². The molecule has 17 rings (SSSR count). The fourth-order valence-corrected chi connectivity index (χ4v) is 15.4. The number of fused-ring (bicyclic) bond motifs is 4. The Morgan fingerprint density at radius 1 is 0.456 bits per heavy atom. The van der Waals surface area contributed by atoms with Gasteiger partial charge in [0.05, 0.1) is 0 Å². The first-order valence-electron chi connectivity index (χ1n) is 46.9. The number of aromatic nitrogens is 3. The van der Waals surface area contributed by atoms with E-state index >= 15 is 0 Å². The molecule has 0 amide bonds. The molecule has 0 spiro atoms. The van der Waals surface area contributed by atoms with Gasteiger partial charge in [0.25, 0.3) is 0 Å². The highest BCUT2D eigenvalue weighted by Gasteiger charge is 2.18. The number of para-hydroxylation sites is 2. The van der Waals surface area contributed by atoms with Crippen molar-refractivity contribution >= 4 is 82.8 Å². The van der Waals surface area contributed by atoms with Crippen molar-refractivity contribution in [2.45, 2.75) is 211 Å². The number of anilines is 1. The normalized spacial score (nSPS) is 11.0. The van der Waals surface area contributed by atoms with Crippen LogP contribution in [0.15, 0.2) is 307 Å². The van der Waals surface area contributed by atoms with E-state index in [-0.39, 0.29) is 11.6 Å². The zero-order valence-corrected chi connectivity index (χ0v) is 84.1. The summed E-state index contributed by atoms with van der Waals surface area (Å²) in [7, 11) is 0. The standard InChI is InChI=1S/C17H16.C14H14O.C11H16N2.C11H16.C10H10FN.C9H8FN.C9H12.C8H9BrS.C8H7F3.2C8H8F2.C5H10O2/c1-2-7-17-15-10-5-3-8-13(15)12-14-9-4-6-11-16(14)17;1-2-12-8-6-7-11-14(12)15-13-9-4-3-5-10-13;1-10-5-6-12-11(9-10)13-7-3-2-4-8-13;1-4-11(2,3)10-8-6-5-7-9-10;1-2-7-6-12-10-4-3-8(11)5-9(7)10;1-6-5-11-9-3-2-7(10)4-8(6)9;1-7-5-4-6-8(2)9(7)3;1-2-10-8-6-4-3-5-7(8)9;1-2-5-3-6(9)8(11)7(10)4-5;1-2-6-3-7(9)5-8(10)4-6;1-2-6-3-4-7(9)5-8(6)10;1-2-3-4-5(6)7/h3-6,8-12H,2,7H2,1H3;3-11H,2H2,1H3;5-6,9H,2-4,7-8H2,1H3;5-9H,4H2,1-3H3;3-6,12H,2H2,1H3;2-5,11H,1H3;4-6H,1-3H3;3-6H,2H2,1H3;3-4H,2H2,1H3;2*3-5H,2H2,1H3;2-4H2,1H3,(H,6,7). The summed E-state index contributed by atoms with van der Waals surface area (Å²) in [6.45, 7) is 35.7. The molecule has 18 heteroatoms. The number of nitrogens with zero attached hydrogens (tertiary/aromatic N) is 2. The molecular formula is C118H134BrF9N4O3S. The summed E-state index contributed by atoms with van der Waals surface area (Å²) in [5, 5.41) is 15.5. The van der Waals surface area contributed by atoms with Gasteiger partial charge in [0.15, 0.2) is 17.5 Å². The summed E-state index contributed by atoms with van der Waals surface area (Å²) in [5.74, 6) is -2.55. The number of carboxylic acids is 1. The zero-order valence-electron chi connectivity index (χ0n) is 81.7. The number of pyridine rings is 1. The van der Waals surface area contributed by atoms with Crippen LogP contribution in [0.25, 0.3) is 43.4 Å². The number of hydrogen-bond acceptors (Lipinski definition) is 5. The van der Waals surface area contributed by atoms with Crippen LogP contribution in [0, 0.1) is 87.0 Å². The van der Waals surface area contributed by atoms with Gasteiger partial charge in [-0.1, -0.05) is 241 Å². The summed E-state index contributed by atoms with van der Waals surface area (Å²) in [4.78, 5) is 24.0. The topological polar surface area (TPSA) is 94.2 Å². The molecule has 1 fully saturated rings. The number of carbonyl (C=O) groups is 1. The Morgan fingerprint density at radius 2 is 0.971 bits per heavy atom. The molecule has 0 radical (unpaired) electrons. The van der Waals surface area contributed by atoms with E-state index in [9.17, 15) is 44.3 Å². The van der Waals surface area contributed by atoms with Gasteiger partial charge >= 0.3 is 5.97 Å². The van der Waals surface area contributed by atoms with Crippen LogP contribution in [0.4, 0.5) is 45.3 Å². The van der Waals surface area contributed by atoms with Gasteiger partial charge in [-0.15, -0.1) is 11.8 Å². The maximum atomic E-state index is 12.8. The van der Waals surface area contributed by atoms with E-state index in [4.69, 9.17) is 9.84 Å². The van der Waals surface area contributed by atoms with Crippen molar-refractivity contribution in [2.75, 3.05) is 23.7 Å². The number of unbranched alkanes of at least 4 members (excludes halogenated alkanes) is 1. The third-order valence-electron chi connectivity index (χ3n) is 22.6. The van der Waals surface area contributed by atoms with Gasteiger partial charge in [0.1, 0.15) is 52.2 Å². The second-order valence-electron chi connectivity index (χ2n) is 33.1. The molecule has 0 aliphatic carbocycles. The number of halogens is 10. The van der Waals surface area contributed by atoms with Crippen molar-refractivity contribution in [1.29, 1.82) is 0 Å². The Balaban J connectivity index is 0.000000229. The minimum atomic E-state index is -1.40. The second kappa shape index (κ2) is 61.1. The van der Waals surface area contributed by atoms with E-state index in [0.29, 0.717) is 47.8 Å². The summed E-state index contributed by atoms with van der Waals surface area (Å²) >= 11 is 5.33. The highest BCUT2D eigenvalue weighted by atomic mass is 79.9. The number of carboxylic acid groups (broad SMARTS) is 1. The number of hydrogen-bond donors (Lipinski definition) is 3. The minimum Gasteiger partial charge on any atom is -0.481 e. The predicted molar refractivity (Wildman–Crippen MR) is 559 cm³/mol. The molecule has 0 saturated carbocycles. The van der Waals surface area contributed by atoms with Crippen LogP contribution in [0.2, 0.25) is 0 Å². The van der Waals surface area contributed by atoms with E-state index in [1.54, 1.807) is 31.2 Å². The van der Waals surface area contributed by atoms with Gasteiger partial charge in [-0.2, -0.15) is 0 Å². The molecular weight excluding hydrogens is 1800 g/mol. The molecule has 0 bridgehead atoms. The number of aliphatic carboxylic acids is 1. The second-order valence-corrected chi connectivity index (χ2v) is 35.3. The van der Waals surface area contributed by atoms with Crippen LogP contribution in [0.1, 0.15) is 194 Å². The molecule has 13 aromatic carbocycles. The van der Waals surface area contributed by atoms with Gasteiger partial charge in [-0.25, -0.2) is 44.5 Å². The smallest absolute Gasteiger partial charge is 0.303 e. The lowest BCUT2D eigenvalue weighted by Gasteiger charge is -2.27. The quantitative estimate of drug-likeness (QED) is 0.0364. The lowest BCUT2D eigenvalue weighted by Crippen LogP contribution is -2.30. The summed E-state index contributed by atoms with van der Waals surface area (Å²) in [6, 6.07) is 86.0. The van der Waals surface area contributed by atoms with E-state index < -0.39 is 46.7 Å². The van der Waals surface area contributed by atoms with Gasteiger partial charge < -0.3 is 24.7 Å². The first-order valence-corrected chi connectivity index (χ1v) is 48.7. The van der Waals surface area contributed by atoms with Crippen LogP contribution in [0.3, 0.4) is 0 Å². The van der Waals surface area contributed by atoms with Crippen molar-refractivity contribution in [2.24, 2.45) is 0 Å². The minimum absolute atomic E-state index is 0.170. The van der Waals surface area contributed by atoms with E-state index in [1.807, 2.05) is 119 Å². The molecule has 16 aromatic rings. The molecule has 7 nitrogen and oxygen atoms in total. The molecule has 720 valence electrons. The van der Waals surface area contributed by atoms with Crippen molar-refractivity contribution in [3.05, 3.63) is 421 Å². The number of aryl methyl sites for hydroxylation is 10. The van der Waals surface area contributed by atoms with E-state index in [2.05, 4.69) is 245 Å². The Kier molecular flexibility index (Phi) is 50.6. The number of rotatable bonds is 17. The fraction of sp³-hybridized carbons (Fsp3) is 0.288. The first kappa shape index (κ1) is 113. The largest absolute Gasteiger partial charge is 0.481 e. The Labute approximate surface area is 814 Å². The monoisotopic (exact) mass is 1940 g/mol. The molecule has 136 heavy (non-hydrogen) atoms. The number of thioether (sulfide) groups is 1. The Morgan fingerprint density at radius 3 is 1.49 bits per heavy atom. The maximum Gasteiger partial charge on any atom is 0.303 e. The lowest BCUT2D eigenvalue weighted by molar-refractivity contribution is -0.137. The molecule has 1 aliphatic rings. The predicted octanol–water partition coefficient (Wildman–Crippen LogP) is 35.4. The van der Waals surface area contributed by atoms with Gasteiger partial charge in [0.2, 0.25) is 0 Å². The zero-order chi connectivity index (χ0) is 99.5. The average molecular weight is 1940 g/mol. The fourth-order valence-electron chi connectivity index (χ4n) is 14.1. The molecule has 3 N–H and O–H groups in total. The Hall–Kier alpha value is -12.1. The molecule has 4 heterocycles. The van der Waals surface area contributed by atoms with Gasteiger partial charge in [-0.3, -0.25) is 4.79 Å². The highest BCUT2D eigenvalue weighted by Crippen LogP contribution is 2.32. The van der Waals surface area contributed by atoms with Crippen LogP contribution in [0.5, 0.6) is 11.5 Å². The summed E-state index contributed by atoms with van der Waals surface area (Å²) in [6.07, 6.45) is 19.0. The van der Waals surface area contributed by atoms with Crippen LogP contribution in [-0.4, -0.2) is 44.9 Å². The van der Waals surface area contributed by atoms with Crippen molar-refractivity contribution in [1.82, 2.24) is 15.0 Å². The lowest BCUT2D eigenvalue weighted by atomic mass is 9.82. The van der Waals surface area contributed by atoms with Crippen LogP contribution in [-0.2, 0) is 48.7 Å². The Bertz CT molecular complexity index is 6100. The van der Waals surface area contributed by atoms with Crippen molar-refractivity contribution in [3.63, 3.8) is 0 Å². The summed E-state index contributed by atoms with van der Waals surface area (Å²) in [5.41, 5.74) is 15.9. The molecule has 1 aliphatic heterocycles. The molecule has 0 unspecified atom stereocenters. The van der Waals surface area contributed by atoms with Crippen molar-refractivity contribution < 1.29 is 54.2 Å². The molecule has 1 saturated heterocycles. The van der Waals surface area contributed by atoms with Crippen LogP contribution >= 0.6 is 27.7 Å². The van der Waals surface area contributed by atoms with E-state index in [0.717, 1.165) is 107 Å². The average Bonchev–Trinajstić information content (AvgIpc) is 0.871. The first-order chi connectivity index (χ1) is 65.3. The van der Waals surface area contributed by atoms with Crippen LogP contribution < -0.4 is 9.64 Å². The maximum absolute atomic E-state index is 12.8. The third kappa shape index (κ3) is 38.9. The number of piperidine rings is 1. The molecule has 3 aromatic heterocycles. The highest BCUT2D eigenvalue weighted by molar-refractivity contribution is 9.10. The number of nitrogens with one attached hydrogen (secondary N) is 2. The molecule has 0 atom stereocenters. The number of H-pyrrole nitrogens is 2. The number of ether oxygens (including phenoxy) is 1. The SMILES string of the molecule is CCC(C)(C)c1ccccc1.CCCCC(=O)O.CCCc1c2ccccc2cc2ccccc12.CCSc1ccccc1Br.CCc1c[nH]c2ccc(F)cc12.CCc1cc(F)c(F)c(F)c1.CCc1cc(F)cc(F)c1.CCc1ccc(F)cc1F.CCc1ccccc1Oc1ccccc1.Cc1c[nH]c2ccc(F)cc12.Cc1cccc(C)c1C.Cc1ccnc(N2CCCCC2)c1. The van der Waals surface area contributed by atoms with Gasteiger partial charge in [-0.05, 0) is 336 Å².